The monoisotopic (exact) mass is 243 g/mol. The van der Waals surface area contributed by atoms with Crippen LogP contribution in [0.1, 0.15) is 12.8 Å². The van der Waals surface area contributed by atoms with Crippen LogP contribution >= 0.6 is 23.4 Å². The van der Waals surface area contributed by atoms with Gasteiger partial charge in [-0.25, -0.2) is 4.98 Å². The molecule has 1 unspecified atom stereocenters. The van der Waals surface area contributed by atoms with Crippen LogP contribution in [-0.2, 0) is 0 Å². The van der Waals surface area contributed by atoms with Crippen LogP contribution in [0, 0.1) is 0 Å². The van der Waals surface area contributed by atoms with Crippen molar-refractivity contribution in [1.82, 2.24) is 4.98 Å². The summed E-state index contributed by atoms with van der Waals surface area (Å²) in [4.78, 5) is 4.19. The van der Waals surface area contributed by atoms with Gasteiger partial charge in [0.05, 0.1) is 5.69 Å². The zero-order valence-corrected chi connectivity index (χ0v) is 9.94. The number of pyridine rings is 1. The van der Waals surface area contributed by atoms with Crippen LogP contribution in [0.15, 0.2) is 12.1 Å². The Morgan fingerprint density at radius 3 is 3.13 bits per heavy atom. The minimum atomic E-state index is 0.469. The summed E-state index contributed by atoms with van der Waals surface area (Å²) in [6.45, 7) is 0. The Morgan fingerprint density at radius 2 is 2.40 bits per heavy atom. The van der Waals surface area contributed by atoms with Gasteiger partial charge in [-0.05, 0) is 30.7 Å². The largest absolute Gasteiger partial charge is 0.396 e. The van der Waals surface area contributed by atoms with Crippen LogP contribution in [0.25, 0.3) is 0 Å². The maximum Gasteiger partial charge on any atom is 0.151 e. The van der Waals surface area contributed by atoms with Crippen molar-refractivity contribution in [2.75, 3.05) is 22.6 Å². The van der Waals surface area contributed by atoms with Crippen LogP contribution in [0.2, 0.25) is 5.15 Å². The summed E-state index contributed by atoms with van der Waals surface area (Å²) < 4.78 is 0. The molecule has 0 amide bonds. The molecule has 0 radical (unpaired) electrons. The highest BCUT2D eigenvalue weighted by Crippen LogP contribution is 2.24. The van der Waals surface area contributed by atoms with Gasteiger partial charge in [0.2, 0.25) is 0 Å². The van der Waals surface area contributed by atoms with Crippen molar-refractivity contribution >= 4 is 34.9 Å². The van der Waals surface area contributed by atoms with Gasteiger partial charge in [0, 0.05) is 11.8 Å². The van der Waals surface area contributed by atoms with Gasteiger partial charge in [-0.1, -0.05) is 11.6 Å². The van der Waals surface area contributed by atoms with Crippen molar-refractivity contribution in [2.24, 2.45) is 0 Å². The summed E-state index contributed by atoms with van der Waals surface area (Å²) in [5.41, 5.74) is 6.48. The lowest BCUT2D eigenvalue weighted by Gasteiger charge is -2.23. The molecular formula is C10H14ClN3S. The van der Waals surface area contributed by atoms with E-state index in [1.165, 1.54) is 18.6 Å². The molecule has 3 N–H and O–H groups in total. The van der Waals surface area contributed by atoms with Gasteiger partial charge in [-0.2, -0.15) is 11.8 Å². The van der Waals surface area contributed by atoms with Crippen molar-refractivity contribution in [1.29, 1.82) is 0 Å². The van der Waals surface area contributed by atoms with Gasteiger partial charge in [0.25, 0.3) is 0 Å². The Balaban J connectivity index is 2.05. The summed E-state index contributed by atoms with van der Waals surface area (Å²) in [6.07, 6.45) is 2.43. The molecule has 82 valence electrons. The highest BCUT2D eigenvalue weighted by molar-refractivity contribution is 7.99. The summed E-state index contributed by atoms with van der Waals surface area (Å²) in [5, 5.41) is 3.83. The zero-order chi connectivity index (χ0) is 10.7. The molecule has 0 aromatic carbocycles. The third kappa shape index (κ3) is 2.92. The van der Waals surface area contributed by atoms with Crippen molar-refractivity contribution in [3.8, 4) is 0 Å². The molecule has 3 nitrogen and oxygen atoms in total. The molecule has 1 aromatic rings. The van der Waals surface area contributed by atoms with Gasteiger partial charge in [0.1, 0.15) is 5.15 Å². The van der Waals surface area contributed by atoms with Crippen LogP contribution in [0.3, 0.4) is 0 Å². The Kier molecular flexibility index (Phi) is 3.59. The lowest BCUT2D eigenvalue weighted by atomic mass is 10.2. The van der Waals surface area contributed by atoms with Gasteiger partial charge in [0.15, 0.2) is 5.82 Å². The first-order valence-electron chi connectivity index (χ1n) is 5.02. The summed E-state index contributed by atoms with van der Waals surface area (Å²) in [5.74, 6) is 3.10. The van der Waals surface area contributed by atoms with Crippen molar-refractivity contribution < 1.29 is 0 Å². The second kappa shape index (κ2) is 4.94. The van der Waals surface area contributed by atoms with E-state index in [9.17, 15) is 0 Å². The Morgan fingerprint density at radius 1 is 1.53 bits per heavy atom. The van der Waals surface area contributed by atoms with Gasteiger partial charge in [-0.15, -0.1) is 0 Å². The molecule has 1 aliphatic rings. The van der Waals surface area contributed by atoms with Crippen LogP contribution < -0.4 is 11.1 Å². The van der Waals surface area contributed by atoms with Gasteiger partial charge < -0.3 is 11.1 Å². The molecule has 0 spiro atoms. The smallest absolute Gasteiger partial charge is 0.151 e. The molecule has 5 heteroatoms. The molecule has 0 aliphatic carbocycles. The van der Waals surface area contributed by atoms with Crippen molar-refractivity contribution in [3.05, 3.63) is 17.3 Å². The van der Waals surface area contributed by atoms with E-state index in [0.29, 0.717) is 16.9 Å². The molecule has 1 atom stereocenters. The van der Waals surface area contributed by atoms with Gasteiger partial charge >= 0.3 is 0 Å². The minimum Gasteiger partial charge on any atom is -0.396 e. The molecule has 1 fully saturated rings. The highest BCUT2D eigenvalue weighted by Gasteiger charge is 2.15. The number of nitrogens with two attached hydrogens (primary N) is 1. The van der Waals surface area contributed by atoms with E-state index in [-0.39, 0.29) is 0 Å². The van der Waals surface area contributed by atoms with Gasteiger partial charge in [-0.3, -0.25) is 0 Å². The van der Waals surface area contributed by atoms with Crippen LogP contribution in [-0.4, -0.2) is 22.5 Å². The summed E-state index contributed by atoms with van der Waals surface area (Å²) >= 11 is 7.79. The second-order valence-corrected chi connectivity index (χ2v) is 5.17. The number of hydrogen-bond donors (Lipinski definition) is 2. The molecule has 2 heterocycles. The lowest BCUT2D eigenvalue weighted by molar-refractivity contribution is 0.683. The van der Waals surface area contributed by atoms with E-state index in [1.807, 2.05) is 11.8 Å². The molecule has 1 aromatic heterocycles. The minimum absolute atomic E-state index is 0.469. The second-order valence-electron chi connectivity index (χ2n) is 3.63. The summed E-state index contributed by atoms with van der Waals surface area (Å²) in [7, 11) is 0. The third-order valence-electron chi connectivity index (χ3n) is 2.39. The van der Waals surface area contributed by atoms with Crippen LogP contribution in [0.5, 0.6) is 0 Å². The summed E-state index contributed by atoms with van der Waals surface area (Å²) in [6, 6.07) is 3.96. The number of halogens is 1. The fourth-order valence-corrected chi connectivity index (χ4v) is 2.83. The molecule has 2 rings (SSSR count). The van der Waals surface area contributed by atoms with E-state index in [0.717, 1.165) is 11.6 Å². The SMILES string of the molecule is Nc1ccc(Cl)nc1NC1CCCSC1. The Bertz CT molecular complexity index is 339. The Hall–Kier alpha value is -0.610. The number of nitrogen functional groups attached to an aromatic ring is 1. The average Bonchev–Trinajstić information content (AvgIpc) is 2.25. The van der Waals surface area contributed by atoms with Crippen molar-refractivity contribution in [3.63, 3.8) is 0 Å². The average molecular weight is 244 g/mol. The zero-order valence-electron chi connectivity index (χ0n) is 8.37. The molecule has 1 saturated heterocycles. The van der Waals surface area contributed by atoms with E-state index < -0.39 is 0 Å². The maximum atomic E-state index is 5.82. The predicted molar refractivity (Wildman–Crippen MR) is 67.6 cm³/mol. The number of thioether (sulfide) groups is 1. The van der Waals surface area contributed by atoms with E-state index >= 15 is 0 Å². The maximum absolute atomic E-state index is 5.82. The molecule has 0 bridgehead atoms. The van der Waals surface area contributed by atoms with E-state index in [2.05, 4.69) is 10.3 Å². The lowest BCUT2D eigenvalue weighted by Crippen LogP contribution is -2.26. The van der Waals surface area contributed by atoms with E-state index in [1.54, 1.807) is 12.1 Å². The van der Waals surface area contributed by atoms with Crippen molar-refractivity contribution in [2.45, 2.75) is 18.9 Å². The molecule has 1 aliphatic heterocycles. The number of nitrogens with zero attached hydrogens (tertiary/aromatic N) is 1. The Labute approximate surface area is 98.8 Å². The first-order chi connectivity index (χ1) is 7.25. The fourth-order valence-electron chi connectivity index (χ4n) is 1.61. The highest BCUT2D eigenvalue weighted by atomic mass is 35.5. The molecular weight excluding hydrogens is 230 g/mol. The first kappa shape index (κ1) is 10.9. The number of anilines is 2. The number of hydrogen-bond acceptors (Lipinski definition) is 4. The van der Waals surface area contributed by atoms with E-state index in [4.69, 9.17) is 17.3 Å². The molecule has 0 saturated carbocycles. The third-order valence-corrected chi connectivity index (χ3v) is 3.82. The topological polar surface area (TPSA) is 50.9 Å². The quantitative estimate of drug-likeness (QED) is 0.785. The standard InChI is InChI=1S/C10H14ClN3S/c11-9-4-3-8(12)10(14-9)13-7-2-1-5-15-6-7/h3-4,7H,1-2,5-6,12H2,(H,13,14). The van der Waals surface area contributed by atoms with Crippen LogP contribution in [0.4, 0.5) is 11.5 Å². The predicted octanol–water partition coefficient (Wildman–Crippen LogP) is 2.62. The molecule has 15 heavy (non-hydrogen) atoms. The first-order valence-corrected chi connectivity index (χ1v) is 6.55. The number of aromatic nitrogens is 1. The normalized spacial score (nSPS) is 21.3. The number of rotatable bonds is 2. The number of nitrogens with one attached hydrogen (secondary N) is 1. The fraction of sp³-hybridized carbons (Fsp3) is 0.500.